The first-order valence-corrected chi connectivity index (χ1v) is 8.91. The maximum Gasteiger partial charge on any atom is 0.247 e. The molecule has 2 amide bonds. The van der Waals surface area contributed by atoms with Crippen LogP contribution in [0.2, 0.25) is 0 Å². The highest BCUT2D eigenvalue weighted by Gasteiger charge is 2.25. The third kappa shape index (κ3) is 3.72. The summed E-state index contributed by atoms with van der Waals surface area (Å²) in [6.07, 6.45) is 1.93. The summed E-state index contributed by atoms with van der Waals surface area (Å²) < 4.78 is 0. The fourth-order valence-corrected chi connectivity index (χ4v) is 3.33. The van der Waals surface area contributed by atoms with Crippen LogP contribution < -0.4 is 14.7 Å². The van der Waals surface area contributed by atoms with Gasteiger partial charge in [-0.15, -0.1) is 0 Å². The molecule has 0 bridgehead atoms. The molecule has 1 aliphatic rings. The SMILES string of the molecule is CC(=O)N(CC(=O)N1CCCc2ccccc21)c1ccc(N(C)C)cc1. The van der Waals surface area contributed by atoms with Crippen molar-refractivity contribution >= 4 is 28.9 Å². The molecular weight excluding hydrogens is 326 g/mol. The molecule has 2 aromatic rings. The lowest BCUT2D eigenvalue weighted by atomic mass is 10.0. The van der Waals surface area contributed by atoms with Crippen LogP contribution >= 0.6 is 0 Å². The molecule has 0 N–H and O–H groups in total. The zero-order valence-electron chi connectivity index (χ0n) is 15.6. The molecule has 2 aromatic carbocycles. The number of amides is 2. The second kappa shape index (κ2) is 7.60. The number of para-hydroxylation sites is 1. The highest BCUT2D eigenvalue weighted by Crippen LogP contribution is 2.27. The maximum atomic E-state index is 12.9. The van der Waals surface area contributed by atoms with Crippen LogP contribution in [0.5, 0.6) is 0 Å². The Labute approximate surface area is 154 Å². The summed E-state index contributed by atoms with van der Waals surface area (Å²) in [6.45, 7) is 2.24. The van der Waals surface area contributed by atoms with Gasteiger partial charge in [0.25, 0.3) is 0 Å². The molecule has 3 rings (SSSR count). The molecule has 0 spiro atoms. The minimum Gasteiger partial charge on any atom is -0.378 e. The smallest absolute Gasteiger partial charge is 0.247 e. The van der Waals surface area contributed by atoms with Crippen LogP contribution in [0.4, 0.5) is 17.1 Å². The quantitative estimate of drug-likeness (QED) is 0.850. The molecule has 0 atom stereocenters. The molecular formula is C21H25N3O2. The van der Waals surface area contributed by atoms with Crippen molar-refractivity contribution in [2.45, 2.75) is 19.8 Å². The van der Waals surface area contributed by atoms with Gasteiger partial charge in [0, 0.05) is 44.6 Å². The van der Waals surface area contributed by atoms with Gasteiger partial charge in [-0.05, 0) is 48.7 Å². The third-order valence-corrected chi connectivity index (χ3v) is 4.76. The van der Waals surface area contributed by atoms with Gasteiger partial charge in [0.2, 0.25) is 11.8 Å². The molecule has 0 saturated heterocycles. The zero-order chi connectivity index (χ0) is 18.7. The van der Waals surface area contributed by atoms with E-state index in [0.717, 1.165) is 29.9 Å². The number of carbonyl (C=O) groups is 2. The van der Waals surface area contributed by atoms with Crippen LogP contribution in [-0.2, 0) is 16.0 Å². The van der Waals surface area contributed by atoms with Crippen LogP contribution in [0, 0.1) is 0 Å². The van der Waals surface area contributed by atoms with Crippen molar-refractivity contribution in [1.29, 1.82) is 0 Å². The van der Waals surface area contributed by atoms with Crippen molar-refractivity contribution in [3.8, 4) is 0 Å². The van der Waals surface area contributed by atoms with Gasteiger partial charge in [0.15, 0.2) is 0 Å². The summed E-state index contributed by atoms with van der Waals surface area (Å²) >= 11 is 0. The Morgan fingerprint density at radius 2 is 1.65 bits per heavy atom. The highest BCUT2D eigenvalue weighted by molar-refractivity contribution is 6.03. The summed E-state index contributed by atoms with van der Waals surface area (Å²) in [5.74, 6) is -0.190. The van der Waals surface area contributed by atoms with Crippen LogP contribution in [0.25, 0.3) is 0 Å². The number of fused-ring (bicyclic) bond motifs is 1. The van der Waals surface area contributed by atoms with Gasteiger partial charge in [-0.25, -0.2) is 0 Å². The Balaban J connectivity index is 1.81. The highest BCUT2D eigenvalue weighted by atomic mass is 16.2. The second-order valence-electron chi connectivity index (χ2n) is 6.79. The molecule has 0 saturated carbocycles. The molecule has 26 heavy (non-hydrogen) atoms. The number of rotatable bonds is 4. The van der Waals surface area contributed by atoms with E-state index < -0.39 is 0 Å². The fourth-order valence-electron chi connectivity index (χ4n) is 3.33. The van der Waals surface area contributed by atoms with Gasteiger partial charge in [-0.2, -0.15) is 0 Å². The number of hydrogen-bond acceptors (Lipinski definition) is 3. The lowest BCUT2D eigenvalue weighted by Crippen LogP contribution is -2.44. The molecule has 5 nitrogen and oxygen atoms in total. The van der Waals surface area contributed by atoms with Crippen LogP contribution in [-0.4, -0.2) is 39.0 Å². The Kier molecular flexibility index (Phi) is 5.26. The second-order valence-corrected chi connectivity index (χ2v) is 6.79. The molecule has 0 aliphatic carbocycles. The average molecular weight is 351 g/mol. The van der Waals surface area contributed by atoms with E-state index in [1.807, 2.05) is 66.4 Å². The van der Waals surface area contributed by atoms with Gasteiger partial charge >= 0.3 is 0 Å². The van der Waals surface area contributed by atoms with Gasteiger partial charge < -0.3 is 14.7 Å². The first-order chi connectivity index (χ1) is 12.5. The maximum absolute atomic E-state index is 12.9. The summed E-state index contributed by atoms with van der Waals surface area (Å²) in [6, 6.07) is 15.7. The number of benzene rings is 2. The number of aryl methyl sites for hydroxylation is 1. The first kappa shape index (κ1) is 18.0. The Morgan fingerprint density at radius 1 is 1.00 bits per heavy atom. The van der Waals surface area contributed by atoms with E-state index in [2.05, 4.69) is 6.07 Å². The van der Waals surface area contributed by atoms with Crippen molar-refractivity contribution in [3.05, 3.63) is 54.1 Å². The lowest BCUT2D eigenvalue weighted by molar-refractivity contribution is -0.121. The zero-order valence-corrected chi connectivity index (χ0v) is 15.6. The Morgan fingerprint density at radius 3 is 2.31 bits per heavy atom. The third-order valence-electron chi connectivity index (χ3n) is 4.76. The van der Waals surface area contributed by atoms with Gasteiger partial charge in [-0.1, -0.05) is 18.2 Å². The predicted octanol–water partition coefficient (Wildman–Crippen LogP) is 3.08. The van der Waals surface area contributed by atoms with E-state index in [0.29, 0.717) is 6.54 Å². The molecule has 0 radical (unpaired) electrons. The Bertz CT molecular complexity index is 799. The summed E-state index contributed by atoms with van der Waals surface area (Å²) in [7, 11) is 3.93. The number of hydrogen-bond donors (Lipinski definition) is 0. The van der Waals surface area contributed by atoms with E-state index in [4.69, 9.17) is 0 Å². The van der Waals surface area contributed by atoms with E-state index in [-0.39, 0.29) is 18.4 Å². The first-order valence-electron chi connectivity index (χ1n) is 8.91. The normalized spacial score (nSPS) is 13.1. The summed E-state index contributed by atoms with van der Waals surface area (Å²) in [5.41, 5.74) is 3.95. The predicted molar refractivity (Wildman–Crippen MR) is 106 cm³/mol. The molecule has 1 aliphatic heterocycles. The number of anilines is 3. The van der Waals surface area contributed by atoms with E-state index in [1.54, 1.807) is 4.90 Å². The lowest BCUT2D eigenvalue weighted by Gasteiger charge is -2.31. The minimum absolute atomic E-state index is 0.0466. The number of nitrogens with zero attached hydrogens (tertiary/aromatic N) is 3. The van der Waals surface area contributed by atoms with Gasteiger partial charge in [0.1, 0.15) is 6.54 Å². The van der Waals surface area contributed by atoms with Crippen LogP contribution in [0.1, 0.15) is 18.9 Å². The number of carbonyl (C=O) groups excluding carboxylic acids is 2. The van der Waals surface area contributed by atoms with Crippen LogP contribution in [0.3, 0.4) is 0 Å². The van der Waals surface area contributed by atoms with E-state index in [9.17, 15) is 9.59 Å². The molecule has 136 valence electrons. The van der Waals surface area contributed by atoms with Crippen molar-refractivity contribution in [2.75, 3.05) is 41.9 Å². The van der Waals surface area contributed by atoms with Crippen molar-refractivity contribution in [1.82, 2.24) is 0 Å². The van der Waals surface area contributed by atoms with Crippen molar-refractivity contribution < 1.29 is 9.59 Å². The molecule has 1 heterocycles. The summed E-state index contributed by atoms with van der Waals surface area (Å²) in [4.78, 5) is 30.5. The molecule has 5 heteroatoms. The average Bonchev–Trinajstić information content (AvgIpc) is 2.65. The summed E-state index contributed by atoms with van der Waals surface area (Å²) in [5, 5.41) is 0. The monoisotopic (exact) mass is 351 g/mol. The van der Waals surface area contributed by atoms with Gasteiger partial charge in [-0.3, -0.25) is 9.59 Å². The largest absolute Gasteiger partial charge is 0.378 e. The molecule has 0 fully saturated rings. The minimum atomic E-state index is -0.138. The van der Waals surface area contributed by atoms with Crippen molar-refractivity contribution in [2.24, 2.45) is 0 Å². The fraction of sp³-hybridized carbons (Fsp3) is 0.333. The Hall–Kier alpha value is -2.82. The van der Waals surface area contributed by atoms with E-state index in [1.165, 1.54) is 12.5 Å². The standard InChI is InChI=1S/C21H25N3O2/c1-16(25)24(19-12-10-18(11-13-19)22(2)3)15-21(26)23-14-6-8-17-7-4-5-9-20(17)23/h4-5,7,9-13H,6,8,14-15H2,1-3H3. The topological polar surface area (TPSA) is 43.9 Å². The van der Waals surface area contributed by atoms with Gasteiger partial charge in [0.05, 0.1) is 0 Å². The van der Waals surface area contributed by atoms with Crippen LogP contribution in [0.15, 0.2) is 48.5 Å². The molecule has 0 aromatic heterocycles. The molecule has 0 unspecified atom stereocenters. The van der Waals surface area contributed by atoms with E-state index >= 15 is 0 Å². The van der Waals surface area contributed by atoms with Crippen molar-refractivity contribution in [3.63, 3.8) is 0 Å².